The highest BCUT2D eigenvalue weighted by atomic mass is 16.5. The minimum absolute atomic E-state index is 0.124. The molecular weight excluding hydrogens is 210 g/mol. The highest BCUT2D eigenvalue weighted by molar-refractivity contribution is 5.69. The van der Waals surface area contributed by atoms with Gasteiger partial charge in [-0.3, -0.25) is 4.79 Å². The fourth-order valence-corrected chi connectivity index (χ4v) is 1.77. The molecule has 5 nitrogen and oxygen atoms in total. The molecule has 1 aliphatic heterocycles. The van der Waals surface area contributed by atoms with E-state index in [1.165, 1.54) is 7.11 Å². The van der Waals surface area contributed by atoms with Crippen molar-refractivity contribution in [2.45, 2.75) is 37.9 Å². The van der Waals surface area contributed by atoms with E-state index in [9.17, 15) is 9.90 Å². The van der Waals surface area contributed by atoms with Gasteiger partial charge in [-0.15, -0.1) is 0 Å². The van der Waals surface area contributed by atoms with E-state index in [-0.39, 0.29) is 12.1 Å². The number of methoxy groups -OCH3 is 1. The van der Waals surface area contributed by atoms with Crippen LogP contribution in [0.5, 0.6) is 0 Å². The Morgan fingerprint density at radius 3 is 3.00 bits per heavy atom. The van der Waals surface area contributed by atoms with Crippen LogP contribution < -0.4 is 5.32 Å². The number of carbonyl (C=O) groups excluding carboxylic acids is 1. The van der Waals surface area contributed by atoms with Gasteiger partial charge in [0.25, 0.3) is 0 Å². The number of hydrogen-bond donors (Lipinski definition) is 2. The van der Waals surface area contributed by atoms with Crippen molar-refractivity contribution < 1.29 is 19.4 Å². The zero-order chi connectivity index (χ0) is 12.0. The molecule has 16 heavy (non-hydrogen) atoms. The van der Waals surface area contributed by atoms with Crippen molar-refractivity contribution in [3.8, 4) is 0 Å². The van der Waals surface area contributed by atoms with Crippen LogP contribution in [0, 0.1) is 0 Å². The summed E-state index contributed by atoms with van der Waals surface area (Å²) in [4.78, 5) is 10.8. The van der Waals surface area contributed by atoms with E-state index in [1.807, 2.05) is 6.92 Å². The molecule has 0 aliphatic carbocycles. The minimum atomic E-state index is -0.759. The molecule has 0 bridgehead atoms. The second kappa shape index (κ2) is 6.18. The minimum Gasteiger partial charge on any atom is -0.469 e. The smallest absolute Gasteiger partial charge is 0.305 e. The van der Waals surface area contributed by atoms with Gasteiger partial charge in [0.05, 0.1) is 13.2 Å². The summed E-state index contributed by atoms with van der Waals surface area (Å²) >= 11 is 0. The predicted octanol–water partition coefficient (Wildman–Crippen LogP) is 0.0691. The van der Waals surface area contributed by atoms with Gasteiger partial charge in [-0.1, -0.05) is 0 Å². The van der Waals surface area contributed by atoms with Crippen molar-refractivity contribution in [3.05, 3.63) is 0 Å². The van der Waals surface area contributed by atoms with Gasteiger partial charge in [-0.05, 0) is 19.9 Å². The summed E-state index contributed by atoms with van der Waals surface area (Å²) in [6, 6.07) is 0. The van der Waals surface area contributed by atoms with E-state index in [0.717, 1.165) is 6.42 Å². The first-order valence-corrected chi connectivity index (χ1v) is 5.70. The van der Waals surface area contributed by atoms with Crippen LogP contribution in [-0.2, 0) is 14.3 Å². The lowest BCUT2D eigenvalue weighted by Crippen LogP contribution is -2.46. The van der Waals surface area contributed by atoms with Gasteiger partial charge in [0.2, 0.25) is 0 Å². The van der Waals surface area contributed by atoms with Gasteiger partial charge in [0, 0.05) is 26.0 Å². The number of nitrogens with one attached hydrogen (secondary N) is 1. The normalized spacial score (nSPS) is 29.3. The van der Waals surface area contributed by atoms with Crippen LogP contribution in [-0.4, -0.2) is 49.6 Å². The van der Waals surface area contributed by atoms with E-state index in [0.29, 0.717) is 32.5 Å². The molecule has 94 valence electrons. The Hall–Kier alpha value is -0.650. The SMILES string of the molecule is COC(=O)CCCNCC1(O)CCOC1C. The van der Waals surface area contributed by atoms with Gasteiger partial charge in [-0.2, -0.15) is 0 Å². The zero-order valence-corrected chi connectivity index (χ0v) is 9.99. The van der Waals surface area contributed by atoms with Gasteiger partial charge in [0.15, 0.2) is 0 Å². The summed E-state index contributed by atoms with van der Waals surface area (Å²) in [6.45, 7) is 3.70. The number of aliphatic hydroxyl groups is 1. The Kier molecular flexibility index (Phi) is 5.18. The molecule has 0 aromatic heterocycles. The quantitative estimate of drug-likeness (QED) is 0.500. The monoisotopic (exact) mass is 231 g/mol. The number of carbonyl (C=O) groups is 1. The summed E-state index contributed by atoms with van der Waals surface area (Å²) in [6.07, 6.45) is 1.67. The van der Waals surface area contributed by atoms with Gasteiger partial charge in [-0.25, -0.2) is 0 Å². The molecular formula is C11H21NO4. The summed E-state index contributed by atoms with van der Waals surface area (Å²) in [7, 11) is 1.38. The number of hydrogen-bond acceptors (Lipinski definition) is 5. The van der Waals surface area contributed by atoms with Crippen LogP contribution in [0.4, 0.5) is 0 Å². The Morgan fingerprint density at radius 2 is 2.44 bits per heavy atom. The van der Waals surface area contributed by atoms with Crippen LogP contribution in [0.15, 0.2) is 0 Å². The summed E-state index contributed by atoms with van der Waals surface area (Å²) < 4.78 is 9.85. The third kappa shape index (κ3) is 3.73. The Labute approximate surface area is 96.1 Å². The van der Waals surface area contributed by atoms with E-state index in [1.54, 1.807) is 0 Å². The van der Waals surface area contributed by atoms with E-state index < -0.39 is 5.60 Å². The molecule has 5 heteroatoms. The molecule has 1 aliphatic rings. The second-order valence-corrected chi connectivity index (χ2v) is 4.22. The molecule has 0 aromatic rings. The topological polar surface area (TPSA) is 67.8 Å². The molecule has 1 fully saturated rings. The van der Waals surface area contributed by atoms with Gasteiger partial charge in [0.1, 0.15) is 5.60 Å². The Morgan fingerprint density at radius 1 is 1.69 bits per heavy atom. The lowest BCUT2D eigenvalue weighted by atomic mass is 9.97. The largest absolute Gasteiger partial charge is 0.469 e. The molecule has 1 rings (SSSR count). The van der Waals surface area contributed by atoms with Crippen molar-refractivity contribution in [2.24, 2.45) is 0 Å². The Bertz CT molecular complexity index is 234. The van der Waals surface area contributed by atoms with Gasteiger partial charge < -0.3 is 19.9 Å². The molecule has 2 atom stereocenters. The molecule has 0 aromatic carbocycles. The highest BCUT2D eigenvalue weighted by Crippen LogP contribution is 2.24. The summed E-state index contributed by atoms with van der Waals surface area (Å²) in [5, 5.41) is 13.3. The Balaban J connectivity index is 2.09. The van der Waals surface area contributed by atoms with Crippen molar-refractivity contribution in [1.82, 2.24) is 5.32 Å². The molecule has 2 unspecified atom stereocenters. The van der Waals surface area contributed by atoms with Crippen LogP contribution in [0.25, 0.3) is 0 Å². The average molecular weight is 231 g/mol. The lowest BCUT2D eigenvalue weighted by Gasteiger charge is -2.26. The zero-order valence-electron chi connectivity index (χ0n) is 9.99. The number of esters is 1. The molecule has 0 spiro atoms. The first kappa shape index (κ1) is 13.4. The predicted molar refractivity (Wildman–Crippen MR) is 59.1 cm³/mol. The van der Waals surface area contributed by atoms with Crippen LogP contribution in [0.1, 0.15) is 26.2 Å². The third-order valence-corrected chi connectivity index (χ3v) is 3.05. The molecule has 1 saturated heterocycles. The van der Waals surface area contributed by atoms with Crippen molar-refractivity contribution in [3.63, 3.8) is 0 Å². The lowest BCUT2D eigenvalue weighted by molar-refractivity contribution is -0.140. The highest BCUT2D eigenvalue weighted by Gasteiger charge is 2.38. The van der Waals surface area contributed by atoms with Crippen molar-refractivity contribution in [2.75, 3.05) is 26.8 Å². The van der Waals surface area contributed by atoms with Gasteiger partial charge >= 0.3 is 5.97 Å². The maximum atomic E-state index is 10.8. The van der Waals surface area contributed by atoms with Crippen molar-refractivity contribution in [1.29, 1.82) is 0 Å². The molecule has 0 radical (unpaired) electrons. The van der Waals surface area contributed by atoms with E-state index in [4.69, 9.17) is 4.74 Å². The first-order chi connectivity index (χ1) is 7.58. The van der Waals surface area contributed by atoms with Crippen LogP contribution in [0.3, 0.4) is 0 Å². The number of rotatable bonds is 6. The fraction of sp³-hybridized carbons (Fsp3) is 0.909. The maximum absolute atomic E-state index is 10.8. The maximum Gasteiger partial charge on any atom is 0.305 e. The third-order valence-electron chi connectivity index (χ3n) is 3.05. The summed E-state index contributed by atoms with van der Waals surface area (Å²) in [5.41, 5.74) is -0.759. The average Bonchev–Trinajstić information content (AvgIpc) is 2.59. The molecule has 0 amide bonds. The van der Waals surface area contributed by atoms with Crippen LogP contribution in [0.2, 0.25) is 0 Å². The fourth-order valence-electron chi connectivity index (χ4n) is 1.77. The molecule has 1 heterocycles. The van der Waals surface area contributed by atoms with E-state index in [2.05, 4.69) is 10.1 Å². The van der Waals surface area contributed by atoms with Crippen LogP contribution >= 0.6 is 0 Å². The first-order valence-electron chi connectivity index (χ1n) is 5.70. The molecule has 0 saturated carbocycles. The molecule has 2 N–H and O–H groups in total. The standard InChI is InChI=1S/C11H21NO4/c1-9-11(14,5-7-16-9)8-12-6-3-4-10(13)15-2/h9,12,14H,3-8H2,1-2H3. The summed E-state index contributed by atoms with van der Waals surface area (Å²) in [5.74, 6) is -0.196. The second-order valence-electron chi connectivity index (χ2n) is 4.22. The van der Waals surface area contributed by atoms with E-state index >= 15 is 0 Å². The number of ether oxygens (including phenoxy) is 2. The van der Waals surface area contributed by atoms with Crippen molar-refractivity contribution >= 4 is 5.97 Å².